The van der Waals surface area contributed by atoms with E-state index < -0.39 is 0 Å². The van der Waals surface area contributed by atoms with Crippen LogP contribution in [0, 0.1) is 0 Å². The second-order valence-electron chi connectivity index (χ2n) is 7.46. The Labute approximate surface area is 183 Å². The summed E-state index contributed by atoms with van der Waals surface area (Å²) in [6.07, 6.45) is 1.74. The van der Waals surface area contributed by atoms with E-state index in [0.29, 0.717) is 36.8 Å². The molecule has 1 aliphatic rings. The predicted octanol–water partition coefficient (Wildman–Crippen LogP) is 3.07. The maximum Gasteiger partial charge on any atom is 0.253 e. The largest absolute Gasteiger partial charge is 0.494 e. The molecule has 0 unspecified atom stereocenters. The summed E-state index contributed by atoms with van der Waals surface area (Å²) in [4.78, 5) is 27.0. The fourth-order valence-electron chi connectivity index (χ4n) is 3.72. The normalized spacial score (nSPS) is 14.1. The first-order valence-electron chi connectivity index (χ1n) is 10.6. The number of benzene rings is 2. The van der Waals surface area contributed by atoms with Crippen LogP contribution < -0.4 is 19.5 Å². The van der Waals surface area contributed by atoms with E-state index >= 15 is 0 Å². The Balaban J connectivity index is 1.48. The van der Waals surface area contributed by atoms with Gasteiger partial charge in [0.2, 0.25) is 5.91 Å². The molecule has 0 radical (unpaired) electrons. The molecule has 0 saturated carbocycles. The van der Waals surface area contributed by atoms with Crippen LogP contribution in [0.5, 0.6) is 17.2 Å². The first-order valence-corrected chi connectivity index (χ1v) is 10.6. The lowest BCUT2D eigenvalue weighted by molar-refractivity contribution is -0.121. The number of ether oxygens (including phenoxy) is 3. The van der Waals surface area contributed by atoms with E-state index in [9.17, 15) is 9.59 Å². The molecule has 2 aromatic carbocycles. The number of nitrogens with zero attached hydrogens (tertiary/aromatic N) is 1. The molecule has 0 spiro atoms. The first kappa shape index (κ1) is 22.5. The van der Waals surface area contributed by atoms with Crippen LogP contribution in [0.3, 0.4) is 0 Å². The third-order valence-corrected chi connectivity index (χ3v) is 5.37. The SMILES string of the molecule is CCOc1ccc(C(=O)N2CCC(NC(=O)Cc3ccc(OC)c(OC)c3)CC2)cc1. The summed E-state index contributed by atoms with van der Waals surface area (Å²) in [5.41, 5.74) is 1.51. The summed E-state index contributed by atoms with van der Waals surface area (Å²) >= 11 is 0. The van der Waals surface area contributed by atoms with Crippen molar-refractivity contribution in [3.8, 4) is 17.2 Å². The van der Waals surface area contributed by atoms with Crippen LogP contribution in [-0.2, 0) is 11.2 Å². The van der Waals surface area contributed by atoms with Crippen molar-refractivity contribution in [3.63, 3.8) is 0 Å². The molecule has 7 nitrogen and oxygen atoms in total. The Bertz CT molecular complexity index is 889. The lowest BCUT2D eigenvalue weighted by atomic mass is 10.0. The number of nitrogens with one attached hydrogen (secondary N) is 1. The molecule has 1 heterocycles. The van der Waals surface area contributed by atoms with Gasteiger partial charge in [-0.2, -0.15) is 0 Å². The lowest BCUT2D eigenvalue weighted by Gasteiger charge is -2.32. The maximum absolute atomic E-state index is 12.7. The Morgan fingerprint density at radius 2 is 1.68 bits per heavy atom. The Hall–Kier alpha value is -3.22. The first-order chi connectivity index (χ1) is 15.0. The number of methoxy groups -OCH3 is 2. The number of piperidine rings is 1. The van der Waals surface area contributed by atoms with Gasteiger partial charge < -0.3 is 24.4 Å². The molecule has 31 heavy (non-hydrogen) atoms. The van der Waals surface area contributed by atoms with Gasteiger partial charge in [0.25, 0.3) is 5.91 Å². The number of rotatable bonds is 8. The van der Waals surface area contributed by atoms with E-state index in [1.54, 1.807) is 32.4 Å². The predicted molar refractivity (Wildman–Crippen MR) is 118 cm³/mol. The summed E-state index contributed by atoms with van der Waals surface area (Å²) < 4.78 is 16.0. The summed E-state index contributed by atoms with van der Waals surface area (Å²) in [6, 6.07) is 12.8. The van der Waals surface area contributed by atoms with Gasteiger partial charge in [0.1, 0.15) is 5.75 Å². The van der Waals surface area contributed by atoms with Gasteiger partial charge in [0.05, 0.1) is 27.2 Å². The number of likely N-dealkylation sites (tertiary alicyclic amines) is 1. The average Bonchev–Trinajstić information content (AvgIpc) is 2.79. The minimum absolute atomic E-state index is 0.0122. The molecule has 166 valence electrons. The van der Waals surface area contributed by atoms with E-state index in [2.05, 4.69) is 5.32 Å². The molecule has 0 aliphatic carbocycles. The molecule has 1 fully saturated rings. The smallest absolute Gasteiger partial charge is 0.253 e. The minimum atomic E-state index is -0.0384. The molecule has 1 aliphatic heterocycles. The standard InChI is InChI=1S/C24H30N2O5/c1-4-31-20-8-6-18(7-9-20)24(28)26-13-11-19(12-14-26)25-23(27)16-17-5-10-21(29-2)22(15-17)30-3/h5-10,15,19H,4,11-14,16H2,1-3H3,(H,25,27). The third kappa shape index (κ3) is 5.90. The Morgan fingerprint density at radius 3 is 2.29 bits per heavy atom. The van der Waals surface area contributed by atoms with E-state index in [0.717, 1.165) is 24.2 Å². The summed E-state index contributed by atoms with van der Waals surface area (Å²) in [5, 5.41) is 3.09. The van der Waals surface area contributed by atoms with Crippen LogP contribution in [0.2, 0.25) is 0 Å². The third-order valence-electron chi connectivity index (χ3n) is 5.37. The van der Waals surface area contributed by atoms with E-state index in [1.165, 1.54) is 0 Å². The molecule has 1 N–H and O–H groups in total. The van der Waals surface area contributed by atoms with E-state index in [1.807, 2.05) is 36.1 Å². The maximum atomic E-state index is 12.7. The van der Waals surface area contributed by atoms with Gasteiger partial charge in [-0.05, 0) is 61.7 Å². The van der Waals surface area contributed by atoms with Crippen molar-refractivity contribution >= 4 is 11.8 Å². The Kier molecular flexibility index (Phi) is 7.76. The fraction of sp³-hybridized carbons (Fsp3) is 0.417. The molecular weight excluding hydrogens is 396 g/mol. The molecule has 0 aromatic heterocycles. The van der Waals surface area contributed by atoms with Gasteiger partial charge in [-0.15, -0.1) is 0 Å². The molecule has 2 aromatic rings. The van der Waals surface area contributed by atoms with Crippen LogP contribution in [0.4, 0.5) is 0 Å². The zero-order chi connectivity index (χ0) is 22.2. The zero-order valence-corrected chi connectivity index (χ0v) is 18.3. The van der Waals surface area contributed by atoms with Crippen LogP contribution in [0.25, 0.3) is 0 Å². The molecule has 1 saturated heterocycles. The Morgan fingerprint density at radius 1 is 1.00 bits per heavy atom. The molecule has 2 amide bonds. The van der Waals surface area contributed by atoms with Gasteiger partial charge >= 0.3 is 0 Å². The summed E-state index contributed by atoms with van der Waals surface area (Å²) in [5.74, 6) is 1.97. The summed E-state index contributed by atoms with van der Waals surface area (Å²) in [6.45, 7) is 3.76. The highest BCUT2D eigenvalue weighted by atomic mass is 16.5. The average molecular weight is 427 g/mol. The van der Waals surface area contributed by atoms with Gasteiger partial charge in [0.15, 0.2) is 11.5 Å². The second-order valence-corrected chi connectivity index (χ2v) is 7.46. The highest BCUT2D eigenvalue weighted by Crippen LogP contribution is 2.27. The van der Waals surface area contributed by atoms with Gasteiger partial charge in [0, 0.05) is 24.7 Å². The summed E-state index contributed by atoms with van der Waals surface area (Å²) in [7, 11) is 3.15. The van der Waals surface area contributed by atoms with Gasteiger partial charge in [-0.3, -0.25) is 9.59 Å². The number of carbonyl (C=O) groups excluding carboxylic acids is 2. The monoisotopic (exact) mass is 426 g/mol. The molecule has 3 rings (SSSR count). The van der Waals surface area contributed by atoms with Gasteiger partial charge in [-0.1, -0.05) is 6.07 Å². The number of hydrogen-bond acceptors (Lipinski definition) is 5. The number of hydrogen-bond donors (Lipinski definition) is 1. The molecule has 0 atom stereocenters. The van der Waals surface area contributed by atoms with Crippen molar-refractivity contribution in [2.24, 2.45) is 0 Å². The zero-order valence-electron chi connectivity index (χ0n) is 18.3. The van der Waals surface area contributed by atoms with Crippen LogP contribution >= 0.6 is 0 Å². The van der Waals surface area contributed by atoms with Crippen molar-refractivity contribution in [1.29, 1.82) is 0 Å². The second kappa shape index (κ2) is 10.7. The van der Waals surface area contributed by atoms with Gasteiger partial charge in [-0.25, -0.2) is 0 Å². The molecule has 7 heteroatoms. The number of amides is 2. The van der Waals surface area contributed by atoms with Crippen molar-refractivity contribution in [2.45, 2.75) is 32.2 Å². The molecular formula is C24H30N2O5. The number of carbonyl (C=O) groups is 2. The highest BCUT2D eigenvalue weighted by molar-refractivity contribution is 5.94. The van der Waals surface area contributed by atoms with Crippen molar-refractivity contribution < 1.29 is 23.8 Å². The van der Waals surface area contributed by atoms with E-state index in [4.69, 9.17) is 14.2 Å². The van der Waals surface area contributed by atoms with E-state index in [-0.39, 0.29) is 24.3 Å². The van der Waals surface area contributed by atoms with Crippen LogP contribution in [0.1, 0.15) is 35.7 Å². The highest BCUT2D eigenvalue weighted by Gasteiger charge is 2.24. The molecule has 0 bridgehead atoms. The van der Waals surface area contributed by atoms with Crippen molar-refractivity contribution in [1.82, 2.24) is 10.2 Å². The topological polar surface area (TPSA) is 77.1 Å². The van der Waals surface area contributed by atoms with Crippen LogP contribution in [0.15, 0.2) is 42.5 Å². The minimum Gasteiger partial charge on any atom is -0.494 e. The lowest BCUT2D eigenvalue weighted by Crippen LogP contribution is -2.46. The van der Waals surface area contributed by atoms with Crippen LogP contribution in [-0.4, -0.2) is 56.7 Å². The van der Waals surface area contributed by atoms with Crippen molar-refractivity contribution in [2.75, 3.05) is 33.9 Å². The van der Waals surface area contributed by atoms with Crippen molar-refractivity contribution in [3.05, 3.63) is 53.6 Å². The quantitative estimate of drug-likeness (QED) is 0.702. The fourth-order valence-corrected chi connectivity index (χ4v) is 3.72.